The van der Waals surface area contributed by atoms with Crippen LogP contribution in [0.2, 0.25) is 0 Å². The van der Waals surface area contributed by atoms with Gasteiger partial charge >= 0.3 is 0 Å². The van der Waals surface area contributed by atoms with Gasteiger partial charge in [-0.1, -0.05) is 12.1 Å². The molecule has 4 heterocycles. The highest BCUT2D eigenvalue weighted by Crippen LogP contribution is 2.35. The van der Waals surface area contributed by atoms with E-state index in [9.17, 15) is 4.39 Å². The number of rotatable bonds is 2. The Bertz CT molecular complexity index is 907. The Kier molecular flexibility index (Phi) is 3.16. The molecule has 3 aromatic rings. The van der Waals surface area contributed by atoms with Gasteiger partial charge in [0.25, 0.3) is 0 Å². The molecule has 2 unspecified atom stereocenters. The van der Waals surface area contributed by atoms with Crippen molar-refractivity contribution in [2.45, 2.75) is 0 Å². The summed E-state index contributed by atoms with van der Waals surface area (Å²) < 4.78 is 15.2. The summed E-state index contributed by atoms with van der Waals surface area (Å²) in [6, 6.07) is 8.24. The molecule has 6 nitrogen and oxygen atoms in total. The molecule has 2 fully saturated rings. The summed E-state index contributed by atoms with van der Waals surface area (Å²) in [7, 11) is 2.08. The minimum Gasteiger partial charge on any atom is -0.342 e. The molecule has 1 aromatic carbocycles. The lowest BCUT2D eigenvalue weighted by atomic mass is 10.0. The van der Waals surface area contributed by atoms with Crippen LogP contribution in [-0.4, -0.2) is 45.7 Å². The third kappa shape index (κ3) is 2.33. The van der Waals surface area contributed by atoms with Crippen LogP contribution < -0.4 is 9.80 Å². The minimum atomic E-state index is -0.392. The Labute approximate surface area is 144 Å². The molecule has 2 aromatic heterocycles. The van der Waals surface area contributed by atoms with E-state index >= 15 is 0 Å². The smallest absolute Gasteiger partial charge is 0.225 e. The second-order valence-corrected chi connectivity index (χ2v) is 6.99. The van der Waals surface area contributed by atoms with Crippen LogP contribution in [-0.2, 0) is 7.05 Å². The highest BCUT2D eigenvalue weighted by molar-refractivity contribution is 5.78. The summed E-state index contributed by atoms with van der Waals surface area (Å²) in [6.45, 7) is 3.80. The van der Waals surface area contributed by atoms with E-state index < -0.39 is 5.82 Å². The standard InChI is InChI=1S/C18H19FN6/c1-23-16-5-3-2-4-15(16)22-18(23)25-10-12-8-24(9-13(12)11-25)17-20-6-14(19)7-21-17/h2-7,12-13H,8-11H2,1H3. The quantitative estimate of drug-likeness (QED) is 0.716. The summed E-state index contributed by atoms with van der Waals surface area (Å²) in [4.78, 5) is 17.6. The van der Waals surface area contributed by atoms with Crippen LogP contribution in [0.4, 0.5) is 16.3 Å². The van der Waals surface area contributed by atoms with E-state index in [-0.39, 0.29) is 0 Å². The third-order valence-electron chi connectivity index (χ3n) is 5.42. The van der Waals surface area contributed by atoms with Gasteiger partial charge in [-0.15, -0.1) is 0 Å². The van der Waals surface area contributed by atoms with Crippen LogP contribution in [0.5, 0.6) is 0 Å². The summed E-state index contributed by atoms with van der Waals surface area (Å²) in [6.07, 6.45) is 2.48. The van der Waals surface area contributed by atoms with Crippen molar-refractivity contribution in [2.75, 3.05) is 36.0 Å². The molecule has 2 aliphatic rings. The SMILES string of the molecule is Cn1c(N2CC3CN(c4ncc(F)cn4)CC3C2)nc2ccccc21. The van der Waals surface area contributed by atoms with E-state index in [2.05, 4.69) is 43.5 Å². The average Bonchev–Trinajstić information content (AvgIpc) is 3.27. The molecular weight excluding hydrogens is 319 g/mol. The topological polar surface area (TPSA) is 50.1 Å². The molecule has 2 aliphatic heterocycles. The van der Waals surface area contributed by atoms with Crippen molar-refractivity contribution in [2.24, 2.45) is 18.9 Å². The first-order chi connectivity index (χ1) is 12.2. The van der Waals surface area contributed by atoms with Crippen LogP contribution in [0.1, 0.15) is 0 Å². The Morgan fingerprint density at radius 1 is 0.960 bits per heavy atom. The summed E-state index contributed by atoms with van der Waals surface area (Å²) >= 11 is 0. The average molecular weight is 338 g/mol. The van der Waals surface area contributed by atoms with Gasteiger partial charge in [0.15, 0.2) is 5.82 Å². The number of halogens is 1. The molecule has 7 heteroatoms. The van der Waals surface area contributed by atoms with Crippen molar-refractivity contribution in [3.05, 3.63) is 42.5 Å². The Hall–Kier alpha value is -2.70. The van der Waals surface area contributed by atoms with Crippen molar-refractivity contribution in [3.63, 3.8) is 0 Å². The maximum Gasteiger partial charge on any atom is 0.225 e. The van der Waals surface area contributed by atoms with Crippen LogP contribution in [0.25, 0.3) is 11.0 Å². The Balaban J connectivity index is 1.35. The van der Waals surface area contributed by atoms with Crippen molar-refractivity contribution in [1.82, 2.24) is 19.5 Å². The van der Waals surface area contributed by atoms with Gasteiger partial charge in [-0.25, -0.2) is 19.3 Å². The second kappa shape index (κ2) is 5.40. The molecule has 5 rings (SSSR count). The fraction of sp³-hybridized carbons (Fsp3) is 0.389. The zero-order valence-electron chi connectivity index (χ0n) is 14.0. The lowest BCUT2D eigenvalue weighted by Gasteiger charge is -2.22. The Morgan fingerprint density at radius 3 is 2.28 bits per heavy atom. The van der Waals surface area contributed by atoms with Crippen molar-refractivity contribution >= 4 is 22.9 Å². The van der Waals surface area contributed by atoms with Crippen LogP contribution in [0, 0.1) is 17.7 Å². The normalized spacial score (nSPS) is 22.8. The van der Waals surface area contributed by atoms with Gasteiger partial charge in [0.05, 0.1) is 23.4 Å². The number of aryl methyl sites for hydroxylation is 1. The van der Waals surface area contributed by atoms with Crippen LogP contribution >= 0.6 is 0 Å². The number of fused-ring (bicyclic) bond motifs is 2. The van der Waals surface area contributed by atoms with E-state index in [4.69, 9.17) is 4.98 Å². The maximum atomic E-state index is 13.0. The number of nitrogens with zero attached hydrogens (tertiary/aromatic N) is 6. The van der Waals surface area contributed by atoms with Gasteiger partial charge in [0.2, 0.25) is 11.9 Å². The van der Waals surface area contributed by atoms with Gasteiger partial charge in [0, 0.05) is 45.1 Å². The lowest BCUT2D eigenvalue weighted by Crippen LogP contribution is -2.30. The van der Waals surface area contributed by atoms with E-state index in [0.717, 1.165) is 43.2 Å². The predicted octanol–water partition coefficient (Wildman–Crippen LogP) is 2.07. The maximum absolute atomic E-state index is 13.0. The number of hydrogen-bond acceptors (Lipinski definition) is 5. The Morgan fingerprint density at radius 2 is 1.60 bits per heavy atom. The number of benzene rings is 1. The summed E-state index contributed by atoms with van der Waals surface area (Å²) in [5.41, 5.74) is 2.20. The minimum absolute atomic E-state index is 0.392. The molecule has 128 valence electrons. The molecule has 0 aliphatic carbocycles. The van der Waals surface area contributed by atoms with Crippen molar-refractivity contribution in [3.8, 4) is 0 Å². The van der Waals surface area contributed by atoms with Gasteiger partial charge in [0.1, 0.15) is 0 Å². The van der Waals surface area contributed by atoms with Crippen LogP contribution in [0.3, 0.4) is 0 Å². The van der Waals surface area contributed by atoms with Crippen LogP contribution in [0.15, 0.2) is 36.7 Å². The second-order valence-electron chi connectivity index (χ2n) is 6.99. The number of imidazole rings is 1. The third-order valence-corrected chi connectivity index (χ3v) is 5.42. The number of hydrogen-bond donors (Lipinski definition) is 0. The molecule has 0 saturated carbocycles. The van der Waals surface area contributed by atoms with Gasteiger partial charge in [-0.2, -0.15) is 0 Å². The van der Waals surface area contributed by atoms with Gasteiger partial charge < -0.3 is 14.4 Å². The fourth-order valence-electron chi connectivity index (χ4n) is 4.20. The van der Waals surface area contributed by atoms with Crippen molar-refractivity contribution < 1.29 is 4.39 Å². The summed E-state index contributed by atoms with van der Waals surface area (Å²) in [5.74, 6) is 2.41. The number of para-hydroxylation sites is 2. The molecular formula is C18H19FN6. The molecule has 0 radical (unpaired) electrons. The van der Waals surface area contributed by atoms with Crippen molar-refractivity contribution in [1.29, 1.82) is 0 Å². The molecule has 0 N–H and O–H groups in total. The monoisotopic (exact) mass is 338 g/mol. The van der Waals surface area contributed by atoms with Gasteiger partial charge in [-0.05, 0) is 12.1 Å². The molecule has 0 bridgehead atoms. The molecule has 2 atom stereocenters. The van der Waals surface area contributed by atoms with E-state index in [0.29, 0.717) is 17.8 Å². The zero-order valence-corrected chi connectivity index (χ0v) is 14.0. The number of aromatic nitrogens is 4. The molecule has 0 amide bonds. The molecule has 25 heavy (non-hydrogen) atoms. The summed E-state index contributed by atoms with van der Waals surface area (Å²) in [5, 5.41) is 0. The van der Waals surface area contributed by atoms with Gasteiger partial charge in [-0.3, -0.25) is 0 Å². The lowest BCUT2D eigenvalue weighted by molar-refractivity contribution is 0.533. The largest absolute Gasteiger partial charge is 0.342 e. The fourth-order valence-corrected chi connectivity index (χ4v) is 4.20. The molecule has 0 spiro atoms. The zero-order chi connectivity index (χ0) is 17.0. The van der Waals surface area contributed by atoms with E-state index in [1.165, 1.54) is 12.4 Å². The van der Waals surface area contributed by atoms with E-state index in [1.807, 2.05) is 12.1 Å². The predicted molar refractivity (Wildman–Crippen MR) is 94.1 cm³/mol. The van der Waals surface area contributed by atoms with E-state index in [1.54, 1.807) is 0 Å². The number of anilines is 2. The first kappa shape index (κ1) is 14.6. The first-order valence-electron chi connectivity index (χ1n) is 8.58. The highest BCUT2D eigenvalue weighted by atomic mass is 19.1. The molecule has 2 saturated heterocycles. The first-order valence-corrected chi connectivity index (χ1v) is 8.58. The highest BCUT2D eigenvalue weighted by Gasteiger charge is 2.42.